The lowest BCUT2D eigenvalue weighted by molar-refractivity contribution is 0.0198. The molecule has 3 fully saturated rings. The topological polar surface area (TPSA) is 106 Å². The number of esters is 1. The van der Waals surface area contributed by atoms with Gasteiger partial charge >= 0.3 is 11.9 Å². The van der Waals surface area contributed by atoms with Crippen LogP contribution in [0.15, 0.2) is 34.9 Å². The van der Waals surface area contributed by atoms with Crippen molar-refractivity contribution in [1.82, 2.24) is 10.1 Å². The number of anilines is 1. The van der Waals surface area contributed by atoms with Gasteiger partial charge in [-0.3, -0.25) is 0 Å². The van der Waals surface area contributed by atoms with Crippen LogP contribution in [0.4, 0.5) is 13.9 Å². The molecule has 1 aliphatic carbocycles. The minimum atomic E-state index is -1.79. The number of fused-ring (bicyclic) bond motifs is 3. The number of thiazole rings is 1. The van der Waals surface area contributed by atoms with Crippen molar-refractivity contribution in [2.45, 2.75) is 62.4 Å². The molecule has 1 N–H and O–H groups in total. The van der Waals surface area contributed by atoms with E-state index < -0.39 is 29.5 Å². The van der Waals surface area contributed by atoms with Gasteiger partial charge in [0.15, 0.2) is 22.4 Å². The van der Waals surface area contributed by atoms with Crippen molar-refractivity contribution in [2.24, 2.45) is 0 Å². The monoisotopic (exact) mass is 619 g/mol. The molecule has 2 aromatic carbocycles. The van der Waals surface area contributed by atoms with Crippen LogP contribution < -0.4 is 4.90 Å². The summed E-state index contributed by atoms with van der Waals surface area (Å²) in [5.74, 6) is -2.82. The predicted molar refractivity (Wildman–Crippen MR) is 148 cm³/mol. The van der Waals surface area contributed by atoms with Gasteiger partial charge in [0.05, 0.1) is 20.3 Å². The Hall–Kier alpha value is -3.28. The van der Waals surface area contributed by atoms with E-state index in [9.17, 15) is 19.1 Å². The normalized spacial score (nSPS) is 22.7. The van der Waals surface area contributed by atoms with E-state index in [1.807, 2.05) is 0 Å². The first-order valence-corrected chi connectivity index (χ1v) is 14.7. The van der Waals surface area contributed by atoms with E-state index in [1.54, 1.807) is 18.2 Å². The molecular weight excluding hydrogens is 599 g/mol. The fraction of sp³-hybridized carbons (Fsp3) is 0.357. The molecular formula is C28H21Cl2F2N3O5S. The van der Waals surface area contributed by atoms with E-state index in [0.29, 0.717) is 22.7 Å². The van der Waals surface area contributed by atoms with Crippen LogP contribution in [0.1, 0.15) is 65.0 Å². The first-order chi connectivity index (χ1) is 19.6. The maximum atomic E-state index is 15.2. The van der Waals surface area contributed by atoms with Crippen LogP contribution in [-0.4, -0.2) is 45.4 Å². The van der Waals surface area contributed by atoms with Crippen molar-refractivity contribution >= 4 is 61.8 Å². The lowest BCUT2D eigenvalue weighted by atomic mass is 9.99. The van der Waals surface area contributed by atoms with Gasteiger partial charge in [-0.2, -0.15) is 0 Å². The number of hydrogen-bond acceptors (Lipinski definition) is 8. The van der Waals surface area contributed by atoms with Gasteiger partial charge in [-0.05, 0) is 49.9 Å². The molecule has 212 valence electrons. The van der Waals surface area contributed by atoms with E-state index in [0.717, 1.165) is 18.9 Å². The lowest BCUT2D eigenvalue weighted by Crippen LogP contribution is -2.46. The van der Waals surface area contributed by atoms with Crippen LogP contribution in [0.25, 0.3) is 21.5 Å². The molecule has 3 aliphatic rings. The molecule has 2 aliphatic heterocycles. The zero-order valence-electron chi connectivity index (χ0n) is 21.2. The Bertz CT molecular complexity index is 1700. The van der Waals surface area contributed by atoms with Crippen molar-refractivity contribution in [3.8, 4) is 11.3 Å². The third kappa shape index (κ3) is 4.45. The molecule has 0 radical (unpaired) electrons. The molecule has 2 atom stereocenters. The van der Waals surface area contributed by atoms with Gasteiger partial charge < -0.3 is 19.3 Å². The molecule has 13 heteroatoms. The van der Waals surface area contributed by atoms with Crippen molar-refractivity contribution in [3.63, 3.8) is 0 Å². The summed E-state index contributed by atoms with van der Waals surface area (Å²) in [6.45, 7) is 0. The number of carboxylic acids is 1. The van der Waals surface area contributed by atoms with E-state index in [1.165, 1.54) is 17.4 Å². The smallest absolute Gasteiger partial charge is 0.344 e. The molecule has 4 aromatic rings. The SMILES string of the molecule is O=C(O)c1cc(F)c2nc(N3C4CCC3CC(OC(=O)c3c(-c5c(Cl)cccc5Cl)noc3C3(F)CC3)C4)sc2c1. The van der Waals surface area contributed by atoms with Gasteiger partial charge in [-0.1, -0.05) is 45.8 Å². The Morgan fingerprint density at radius 2 is 1.83 bits per heavy atom. The Kier molecular flexibility index (Phi) is 6.26. The first-order valence-electron chi connectivity index (χ1n) is 13.1. The molecule has 8 nitrogen and oxygen atoms in total. The number of rotatable bonds is 6. The number of aromatic carboxylic acids is 1. The summed E-state index contributed by atoms with van der Waals surface area (Å²) in [5, 5.41) is 14.4. The van der Waals surface area contributed by atoms with Gasteiger partial charge in [0, 0.05) is 30.5 Å². The zero-order chi connectivity index (χ0) is 28.6. The first kappa shape index (κ1) is 26.6. The Morgan fingerprint density at radius 3 is 2.46 bits per heavy atom. The largest absolute Gasteiger partial charge is 0.478 e. The van der Waals surface area contributed by atoms with E-state index in [-0.39, 0.29) is 68.6 Å². The summed E-state index contributed by atoms with van der Waals surface area (Å²) in [6, 6.07) is 7.19. The second-order valence-electron chi connectivity index (χ2n) is 10.7. The summed E-state index contributed by atoms with van der Waals surface area (Å²) in [5.41, 5.74) is -1.59. The van der Waals surface area contributed by atoms with Crippen molar-refractivity contribution in [2.75, 3.05) is 4.90 Å². The lowest BCUT2D eigenvalue weighted by Gasteiger charge is -2.38. The molecule has 2 aromatic heterocycles. The molecule has 0 amide bonds. The number of aromatic nitrogens is 2. The van der Waals surface area contributed by atoms with Crippen molar-refractivity contribution in [1.29, 1.82) is 0 Å². The predicted octanol–water partition coefficient (Wildman–Crippen LogP) is 7.41. The molecule has 41 heavy (non-hydrogen) atoms. The number of nitrogens with zero attached hydrogens (tertiary/aromatic N) is 3. The number of halogens is 4. The second-order valence-corrected chi connectivity index (χ2v) is 12.5. The fourth-order valence-corrected chi connectivity index (χ4v) is 7.71. The number of carbonyl (C=O) groups excluding carboxylic acids is 1. The Labute approximate surface area is 245 Å². The van der Waals surface area contributed by atoms with Crippen molar-refractivity contribution < 1.29 is 32.7 Å². The van der Waals surface area contributed by atoms with Crippen LogP contribution in [0.3, 0.4) is 0 Å². The maximum Gasteiger partial charge on any atom is 0.344 e. The molecule has 1 saturated carbocycles. The third-order valence-electron chi connectivity index (χ3n) is 8.06. The van der Waals surface area contributed by atoms with E-state index in [2.05, 4.69) is 15.0 Å². The van der Waals surface area contributed by atoms with Gasteiger partial charge in [-0.25, -0.2) is 23.4 Å². The minimum Gasteiger partial charge on any atom is -0.478 e. The van der Waals surface area contributed by atoms with Crippen molar-refractivity contribution in [3.05, 3.63) is 63.1 Å². The highest BCUT2D eigenvalue weighted by Crippen LogP contribution is 2.53. The number of carbonyl (C=O) groups is 2. The number of ether oxygens (including phenoxy) is 1. The summed E-state index contributed by atoms with van der Waals surface area (Å²) < 4.78 is 41.6. The molecule has 0 spiro atoms. The van der Waals surface area contributed by atoms with Crippen LogP contribution in [-0.2, 0) is 10.4 Å². The molecule has 2 bridgehead atoms. The average molecular weight is 620 g/mol. The number of alkyl halides is 1. The summed E-state index contributed by atoms with van der Waals surface area (Å²) in [6.07, 6.45) is 2.58. The Balaban J connectivity index is 1.15. The number of benzene rings is 2. The summed E-state index contributed by atoms with van der Waals surface area (Å²) in [4.78, 5) is 31.6. The quantitative estimate of drug-likeness (QED) is 0.222. The highest BCUT2D eigenvalue weighted by atomic mass is 35.5. The van der Waals surface area contributed by atoms with Gasteiger partial charge in [0.25, 0.3) is 0 Å². The minimum absolute atomic E-state index is 0.0236. The summed E-state index contributed by atoms with van der Waals surface area (Å²) >= 11 is 14.0. The van der Waals surface area contributed by atoms with E-state index in [4.69, 9.17) is 32.5 Å². The fourth-order valence-electron chi connectivity index (χ4n) is 5.97. The number of carboxylic acid groups (broad SMARTS) is 1. The van der Waals surface area contributed by atoms with Crippen LogP contribution in [0.5, 0.6) is 0 Å². The highest BCUT2D eigenvalue weighted by Gasteiger charge is 2.53. The molecule has 2 unspecified atom stereocenters. The second kappa shape index (κ2) is 9.64. The molecule has 7 rings (SSSR count). The zero-order valence-corrected chi connectivity index (χ0v) is 23.5. The number of piperidine rings is 1. The van der Waals surface area contributed by atoms with Gasteiger partial charge in [0.2, 0.25) is 0 Å². The van der Waals surface area contributed by atoms with Crippen LogP contribution in [0.2, 0.25) is 10.0 Å². The van der Waals surface area contributed by atoms with Crippen LogP contribution >= 0.6 is 34.5 Å². The third-order valence-corrected chi connectivity index (χ3v) is 9.71. The Morgan fingerprint density at radius 1 is 1.15 bits per heavy atom. The number of hydrogen-bond donors (Lipinski definition) is 1. The van der Waals surface area contributed by atoms with Crippen LogP contribution in [0, 0.1) is 5.82 Å². The average Bonchev–Trinajstić information content (AvgIpc) is 3.23. The molecule has 4 heterocycles. The van der Waals surface area contributed by atoms with Gasteiger partial charge in [0.1, 0.15) is 22.9 Å². The molecule has 2 saturated heterocycles. The maximum absolute atomic E-state index is 15.2. The highest BCUT2D eigenvalue weighted by molar-refractivity contribution is 7.22. The standard InChI is InChI=1S/C28H21Cl2F2N3O5S/c29-16-2-1-3-17(30)20(16)23-21(24(40-34-23)28(32)6-7-28)26(38)39-15-10-13-4-5-14(11-15)35(13)27-33-22-18(31)8-12(25(36)37)9-19(22)41-27/h1-3,8-9,13-15H,4-7,10-11H2,(H,36,37). The van der Waals surface area contributed by atoms with E-state index >= 15 is 4.39 Å². The summed E-state index contributed by atoms with van der Waals surface area (Å²) in [7, 11) is 0. The van der Waals surface area contributed by atoms with Gasteiger partial charge in [-0.15, -0.1) is 0 Å².